The summed E-state index contributed by atoms with van der Waals surface area (Å²) in [5.41, 5.74) is 3.57. The fraction of sp³-hybridized carbons (Fsp3) is 0.448. The number of benzene rings is 5. The molecule has 0 aliphatic carbocycles. The summed E-state index contributed by atoms with van der Waals surface area (Å²) < 4.78 is 0. The second-order valence-electron chi connectivity index (χ2n) is 23.8. The zero-order chi connectivity index (χ0) is 49.6. The molecular formula is C58H68N4O6. The van der Waals surface area contributed by atoms with Gasteiger partial charge in [-0.3, -0.25) is 24.1 Å². The molecule has 0 spiro atoms. The van der Waals surface area contributed by atoms with Gasteiger partial charge in [0, 0.05) is 27.7 Å². The molecule has 4 aliphatic heterocycles. The number of hydrogen-bond donors (Lipinski definition) is 2. The second-order valence-corrected chi connectivity index (χ2v) is 23.8. The predicted molar refractivity (Wildman–Crippen MR) is 271 cm³/mol. The Morgan fingerprint density at radius 1 is 0.485 bits per heavy atom. The van der Waals surface area contributed by atoms with Gasteiger partial charge in [0.25, 0.3) is 23.6 Å². The van der Waals surface area contributed by atoms with Crippen LogP contribution in [0.1, 0.15) is 182 Å². The first-order valence-electron chi connectivity index (χ1n) is 24.4. The summed E-state index contributed by atoms with van der Waals surface area (Å²) in [6.45, 7) is 29.1. The summed E-state index contributed by atoms with van der Waals surface area (Å²) in [7, 11) is 0. The van der Waals surface area contributed by atoms with Gasteiger partial charge in [0.15, 0.2) is 0 Å². The van der Waals surface area contributed by atoms with Gasteiger partial charge >= 0.3 is 0 Å². The molecule has 4 aliphatic rings. The minimum atomic E-state index is -0.655. The molecule has 10 heteroatoms. The lowest BCUT2D eigenvalue weighted by molar-refractivity contribution is -0.228. The molecule has 0 saturated carbocycles. The molecule has 68 heavy (non-hydrogen) atoms. The maximum Gasteiger partial charge on any atom is 0.266 e. The number of carbonyl (C=O) groups excluding carboxylic acids is 4. The number of piperidine rings is 2. The van der Waals surface area contributed by atoms with Crippen molar-refractivity contribution in [3.8, 4) is 11.1 Å². The van der Waals surface area contributed by atoms with Gasteiger partial charge in [-0.1, -0.05) is 69.2 Å². The first kappa shape index (κ1) is 47.5. The number of hydrogen-bond acceptors (Lipinski definition) is 8. The Morgan fingerprint density at radius 3 is 1.37 bits per heavy atom. The third-order valence-electron chi connectivity index (χ3n) is 16.2. The number of anilines is 1. The van der Waals surface area contributed by atoms with Crippen LogP contribution >= 0.6 is 0 Å². The molecule has 0 unspecified atom stereocenters. The van der Waals surface area contributed by atoms with Crippen LogP contribution in [0.4, 0.5) is 5.69 Å². The summed E-state index contributed by atoms with van der Waals surface area (Å²) in [5.74, 6) is -1.52. The zero-order valence-corrected chi connectivity index (χ0v) is 42.5. The summed E-state index contributed by atoms with van der Waals surface area (Å²) in [5, 5.41) is 32.4. The normalized spacial score (nSPS) is 20.6. The van der Waals surface area contributed by atoms with Gasteiger partial charge in [-0.05, 0) is 204 Å². The maximum atomic E-state index is 14.8. The summed E-state index contributed by atoms with van der Waals surface area (Å²) in [6, 6.07) is 23.3. The minimum absolute atomic E-state index is 0.100. The van der Waals surface area contributed by atoms with Crippen LogP contribution in [0.15, 0.2) is 72.8 Å². The van der Waals surface area contributed by atoms with E-state index < -0.39 is 39.5 Å². The van der Waals surface area contributed by atoms with Gasteiger partial charge in [0.2, 0.25) is 0 Å². The molecule has 2 saturated heterocycles. The number of carbonyl (C=O) groups is 4. The Morgan fingerprint density at radius 2 is 0.897 bits per heavy atom. The molecule has 9 rings (SSSR count). The van der Waals surface area contributed by atoms with E-state index in [1.54, 1.807) is 36.4 Å². The van der Waals surface area contributed by atoms with Gasteiger partial charge in [-0.25, -0.2) is 4.90 Å². The van der Waals surface area contributed by atoms with Crippen molar-refractivity contribution < 1.29 is 29.6 Å². The first-order valence-corrected chi connectivity index (χ1v) is 24.4. The molecule has 5 aromatic rings. The highest BCUT2D eigenvalue weighted by Crippen LogP contribution is 2.44. The van der Waals surface area contributed by atoms with E-state index in [2.05, 4.69) is 100 Å². The van der Waals surface area contributed by atoms with Crippen LogP contribution in [0.25, 0.3) is 43.8 Å². The van der Waals surface area contributed by atoms with Gasteiger partial charge < -0.3 is 10.4 Å². The molecule has 0 atom stereocenters. The van der Waals surface area contributed by atoms with Crippen molar-refractivity contribution in [1.82, 2.24) is 15.0 Å². The molecule has 0 aromatic heterocycles. The number of imide groups is 2. The number of nitrogens with zero attached hydrogens (tertiary/aromatic N) is 4. The van der Waals surface area contributed by atoms with Gasteiger partial charge in [0.05, 0.1) is 27.9 Å². The Kier molecular flexibility index (Phi) is 10.8. The molecule has 4 amide bonds. The third-order valence-corrected chi connectivity index (χ3v) is 16.2. The number of fused-ring (bicyclic) bond motifs is 4. The van der Waals surface area contributed by atoms with E-state index >= 15 is 0 Å². The van der Waals surface area contributed by atoms with Crippen molar-refractivity contribution in [2.24, 2.45) is 0 Å². The van der Waals surface area contributed by atoms with Crippen molar-refractivity contribution in [1.29, 1.82) is 0 Å². The average Bonchev–Trinajstić information content (AvgIpc) is 3.68. The van der Waals surface area contributed by atoms with E-state index in [-0.39, 0.29) is 28.4 Å². The van der Waals surface area contributed by atoms with Crippen molar-refractivity contribution in [3.63, 3.8) is 0 Å². The van der Waals surface area contributed by atoms with E-state index in [0.29, 0.717) is 60.0 Å². The van der Waals surface area contributed by atoms with E-state index in [1.807, 2.05) is 32.9 Å². The van der Waals surface area contributed by atoms with Crippen LogP contribution in [-0.2, 0) is 5.41 Å². The van der Waals surface area contributed by atoms with Gasteiger partial charge in [0.1, 0.15) is 0 Å². The largest absolute Gasteiger partial charge is 0.313 e. The zero-order valence-electron chi connectivity index (χ0n) is 42.5. The quantitative estimate of drug-likeness (QED) is 0.128. The van der Waals surface area contributed by atoms with Crippen LogP contribution in [0.3, 0.4) is 0 Å². The predicted octanol–water partition coefficient (Wildman–Crippen LogP) is 11.3. The highest BCUT2D eigenvalue weighted by atomic mass is 16.5. The number of hydroxylamine groups is 4. The van der Waals surface area contributed by atoms with Gasteiger partial charge in [-0.2, -0.15) is 10.1 Å². The summed E-state index contributed by atoms with van der Waals surface area (Å²) in [6.07, 6.45) is 3.98. The smallest absolute Gasteiger partial charge is 0.266 e. The molecule has 4 heterocycles. The van der Waals surface area contributed by atoms with Crippen molar-refractivity contribution in [2.45, 2.75) is 169 Å². The van der Waals surface area contributed by atoms with Crippen molar-refractivity contribution in [2.75, 3.05) is 4.90 Å². The van der Waals surface area contributed by atoms with E-state index in [4.69, 9.17) is 0 Å². The molecule has 10 nitrogen and oxygen atoms in total. The second kappa shape index (κ2) is 15.5. The lowest BCUT2D eigenvalue weighted by atomic mass is 9.74. The van der Waals surface area contributed by atoms with Crippen LogP contribution in [0.5, 0.6) is 0 Å². The molecule has 0 bridgehead atoms. The number of amides is 4. The standard InChI is InChI=1S/C58H68N4O6/c1-15-53(3,4)37-19-23-39-43(27-37)47(35-29-55(7,8)61(67)56(9,10)30-35)40-24-20-38(28-44(40)48(39)36-31-57(11,12)62(68)58(13,14)32-36)59-49(63)41-21-17-33(25-45(41)50(59)64)34-18-22-42-46(26-34)52(66)60(51(42)65)54(5,6)16-2/h17-28,67-68H,15-16,29-32H2,1-14H3. The number of rotatable bonds is 6. The molecule has 2 fully saturated rings. The lowest BCUT2D eigenvalue weighted by Gasteiger charge is -2.50. The average molecular weight is 917 g/mol. The van der Waals surface area contributed by atoms with E-state index in [1.165, 1.54) is 36.6 Å². The topological polar surface area (TPSA) is 122 Å². The Labute approximate surface area is 400 Å². The van der Waals surface area contributed by atoms with Crippen molar-refractivity contribution >= 4 is 62.0 Å². The van der Waals surface area contributed by atoms with Crippen LogP contribution in [0, 0.1) is 0 Å². The molecule has 356 valence electrons. The Hall–Kier alpha value is -5.52. The third kappa shape index (κ3) is 7.19. The lowest BCUT2D eigenvalue weighted by Crippen LogP contribution is -2.57. The monoisotopic (exact) mass is 917 g/mol. The molecule has 5 aromatic carbocycles. The van der Waals surface area contributed by atoms with Crippen molar-refractivity contribution in [3.05, 3.63) is 111 Å². The first-order chi connectivity index (χ1) is 31.6. The fourth-order valence-corrected chi connectivity index (χ4v) is 12.0. The Bertz CT molecular complexity index is 3150. The molecule has 0 radical (unpaired) electrons. The summed E-state index contributed by atoms with van der Waals surface area (Å²) in [4.78, 5) is 59.0. The maximum absolute atomic E-state index is 14.8. The highest BCUT2D eigenvalue weighted by molar-refractivity contribution is 6.35. The van der Waals surface area contributed by atoms with Crippen LogP contribution in [-0.4, -0.2) is 76.8 Å². The van der Waals surface area contributed by atoms with Gasteiger partial charge in [-0.15, -0.1) is 0 Å². The minimum Gasteiger partial charge on any atom is -0.313 e. The van der Waals surface area contributed by atoms with E-state index in [0.717, 1.165) is 38.4 Å². The van der Waals surface area contributed by atoms with E-state index in [9.17, 15) is 29.6 Å². The SMILES string of the molecule is CCC(C)(C)c1ccc2c(=C3CC(C)(C)N(O)C(C)(C)C3)c3cc(N4C(=O)c5ccc(-c6ccc7c(c6)C(=O)N(C(C)(C)CC)C7=O)cc5C4=O)ccc3c(=C3CC(C)(C)N(O)C(C)(C)C3)c2c1. The summed E-state index contributed by atoms with van der Waals surface area (Å²) >= 11 is 0. The van der Waals surface area contributed by atoms with Crippen LogP contribution in [0.2, 0.25) is 0 Å². The highest BCUT2D eigenvalue weighted by Gasteiger charge is 2.46. The molecule has 2 N–H and O–H groups in total. The molecular weight excluding hydrogens is 849 g/mol. The Balaban J connectivity index is 1.27. The fourth-order valence-electron chi connectivity index (χ4n) is 12.0. The van der Waals surface area contributed by atoms with Crippen LogP contribution < -0.4 is 15.3 Å².